The van der Waals surface area contributed by atoms with E-state index in [1.165, 1.54) is 0 Å². The number of nitrogen functional groups attached to an aromatic ring is 1. The monoisotopic (exact) mass is 423 g/mol. The second-order valence-electron chi connectivity index (χ2n) is 9.45. The van der Waals surface area contributed by atoms with Crippen LogP contribution in [0.1, 0.15) is 68.1 Å². The third-order valence-corrected chi connectivity index (χ3v) is 4.81. The number of carboxylic acids is 1. The Hall–Kier alpha value is -2.70. The molecule has 0 unspecified atom stereocenters. The molecule has 0 saturated heterocycles. The first-order chi connectivity index (χ1) is 13.5. The minimum Gasteiger partial charge on any atom is -0.478 e. The van der Waals surface area contributed by atoms with Gasteiger partial charge in [0.1, 0.15) is 17.1 Å². The molecule has 164 valence electrons. The summed E-state index contributed by atoms with van der Waals surface area (Å²) in [5.74, 6) is -1.16. The van der Waals surface area contributed by atoms with Crippen molar-refractivity contribution in [3.8, 4) is 11.5 Å². The van der Waals surface area contributed by atoms with Gasteiger partial charge >= 0.3 is 12.1 Å². The number of aryl methyl sites for hydroxylation is 1. The van der Waals surface area contributed by atoms with E-state index in [0.717, 1.165) is 30.2 Å². The number of aromatic carboxylic acids is 1. The molecule has 0 aromatic heterocycles. The molecule has 4 nitrogen and oxygen atoms in total. The van der Waals surface area contributed by atoms with Gasteiger partial charge in [-0.1, -0.05) is 40.7 Å². The van der Waals surface area contributed by atoms with Gasteiger partial charge in [-0.2, -0.15) is 13.2 Å². The predicted molar refractivity (Wildman–Crippen MR) is 111 cm³/mol. The van der Waals surface area contributed by atoms with Crippen LogP contribution < -0.4 is 10.5 Å². The zero-order valence-electron chi connectivity index (χ0n) is 18.1. The fourth-order valence-electron chi connectivity index (χ4n) is 3.81. The number of carbonyl (C=O) groups is 1. The highest BCUT2D eigenvalue weighted by Gasteiger charge is 2.32. The van der Waals surface area contributed by atoms with Crippen LogP contribution in [0.3, 0.4) is 0 Å². The summed E-state index contributed by atoms with van der Waals surface area (Å²) >= 11 is 0. The Bertz CT molecular complexity index is 957. The molecule has 0 fully saturated rings. The smallest absolute Gasteiger partial charge is 0.416 e. The summed E-state index contributed by atoms with van der Waals surface area (Å²) in [5, 5.41) is 9.75. The van der Waals surface area contributed by atoms with Gasteiger partial charge in [0.25, 0.3) is 0 Å². The maximum Gasteiger partial charge on any atom is 0.416 e. The number of hydrogen-bond donors (Lipinski definition) is 2. The SMILES string of the molecule is Cc1cc(C(C)(C)CC(C)(C)C)cc(C(=O)O)c1Oc1ccc(C(F)(F)F)cc1N. The first-order valence-electron chi connectivity index (χ1n) is 9.54. The molecule has 0 radical (unpaired) electrons. The number of benzene rings is 2. The summed E-state index contributed by atoms with van der Waals surface area (Å²) in [4.78, 5) is 11.9. The molecule has 7 heteroatoms. The van der Waals surface area contributed by atoms with Gasteiger partial charge in [-0.25, -0.2) is 4.79 Å². The van der Waals surface area contributed by atoms with E-state index in [9.17, 15) is 23.1 Å². The van der Waals surface area contributed by atoms with Crippen LogP contribution in [0.5, 0.6) is 11.5 Å². The number of nitrogens with two attached hydrogens (primary N) is 1. The van der Waals surface area contributed by atoms with Gasteiger partial charge in [0.15, 0.2) is 0 Å². The van der Waals surface area contributed by atoms with E-state index in [-0.39, 0.29) is 33.6 Å². The van der Waals surface area contributed by atoms with Crippen molar-refractivity contribution in [2.75, 3.05) is 5.73 Å². The Morgan fingerprint density at radius 2 is 1.63 bits per heavy atom. The highest BCUT2D eigenvalue weighted by Crippen LogP contribution is 2.41. The first-order valence-corrected chi connectivity index (χ1v) is 9.54. The number of hydrogen-bond acceptors (Lipinski definition) is 3. The minimum absolute atomic E-state index is 0.0321. The van der Waals surface area contributed by atoms with Gasteiger partial charge < -0.3 is 15.6 Å². The molecule has 3 N–H and O–H groups in total. The Kier molecular flexibility index (Phi) is 6.17. The van der Waals surface area contributed by atoms with Gasteiger partial charge in [-0.05, 0) is 59.6 Å². The lowest BCUT2D eigenvalue weighted by atomic mass is 9.71. The number of rotatable bonds is 5. The molecule has 30 heavy (non-hydrogen) atoms. The van der Waals surface area contributed by atoms with Gasteiger partial charge in [0, 0.05) is 0 Å². The Morgan fingerprint density at radius 3 is 2.10 bits per heavy atom. The average Bonchev–Trinajstić information content (AvgIpc) is 2.54. The molecule has 0 aliphatic rings. The molecule has 0 aliphatic carbocycles. The van der Waals surface area contributed by atoms with Crippen molar-refractivity contribution in [2.24, 2.45) is 5.41 Å². The zero-order chi connectivity index (χ0) is 23.1. The maximum atomic E-state index is 12.9. The molecule has 0 bridgehead atoms. The van der Waals surface area contributed by atoms with Crippen molar-refractivity contribution in [1.29, 1.82) is 0 Å². The molecular weight excluding hydrogens is 395 g/mol. The van der Waals surface area contributed by atoms with Crippen LogP contribution in [0.25, 0.3) is 0 Å². The van der Waals surface area contributed by atoms with Crippen molar-refractivity contribution in [3.63, 3.8) is 0 Å². The molecule has 0 saturated carbocycles. The second kappa shape index (κ2) is 7.85. The fraction of sp³-hybridized carbons (Fsp3) is 0.435. The standard InChI is InChI=1S/C23H28F3NO3/c1-13-9-15(22(5,6)12-21(2,3)4)10-16(20(28)29)19(13)30-18-8-7-14(11-17(18)27)23(24,25)26/h7-11H,12,27H2,1-6H3,(H,28,29). The van der Waals surface area contributed by atoms with Gasteiger partial charge in [0.2, 0.25) is 0 Å². The van der Waals surface area contributed by atoms with Crippen LogP contribution in [-0.4, -0.2) is 11.1 Å². The lowest BCUT2D eigenvalue weighted by Gasteiger charge is -2.33. The fourth-order valence-corrected chi connectivity index (χ4v) is 3.81. The minimum atomic E-state index is -4.53. The molecule has 0 heterocycles. The second-order valence-corrected chi connectivity index (χ2v) is 9.45. The van der Waals surface area contributed by atoms with E-state index in [1.807, 2.05) is 19.9 Å². The Labute approximate surface area is 174 Å². The normalized spacial score (nSPS) is 12.7. The average molecular weight is 423 g/mol. The number of halogens is 3. The van der Waals surface area contributed by atoms with E-state index in [4.69, 9.17) is 10.5 Å². The van der Waals surface area contributed by atoms with Crippen LogP contribution in [0.2, 0.25) is 0 Å². The van der Waals surface area contributed by atoms with E-state index in [2.05, 4.69) is 20.8 Å². The molecule has 0 amide bonds. The molecule has 0 aliphatic heterocycles. The van der Waals surface area contributed by atoms with E-state index in [0.29, 0.717) is 5.56 Å². The number of ether oxygens (including phenoxy) is 1. The number of alkyl halides is 3. The third-order valence-electron chi connectivity index (χ3n) is 4.81. The quantitative estimate of drug-likeness (QED) is 0.519. The van der Waals surface area contributed by atoms with Crippen molar-refractivity contribution >= 4 is 11.7 Å². The van der Waals surface area contributed by atoms with Crippen molar-refractivity contribution in [1.82, 2.24) is 0 Å². The summed E-state index contributed by atoms with van der Waals surface area (Å²) in [6.07, 6.45) is -3.71. The number of anilines is 1. The van der Waals surface area contributed by atoms with Gasteiger partial charge in [-0.3, -0.25) is 0 Å². The van der Waals surface area contributed by atoms with Gasteiger partial charge in [-0.15, -0.1) is 0 Å². The number of carboxylic acid groups (broad SMARTS) is 1. The highest BCUT2D eigenvalue weighted by molar-refractivity contribution is 5.92. The lowest BCUT2D eigenvalue weighted by Crippen LogP contribution is -2.25. The lowest BCUT2D eigenvalue weighted by molar-refractivity contribution is -0.137. The first kappa shape index (κ1) is 23.6. The van der Waals surface area contributed by atoms with Crippen molar-refractivity contribution in [3.05, 3.63) is 52.6 Å². The van der Waals surface area contributed by atoms with Crippen molar-refractivity contribution < 1.29 is 27.8 Å². The van der Waals surface area contributed by atoms with Crippen molar-refractivity contribution in [2.45, 2.75) is 59.6 Å². The molecule has 2 aromatic carbocycles. The highest BCUT2D eigenvalue weighted by atomic mass is 19.4. The van der Waals surface area contributed by atoms with Crippen LogP contribution in [-0.2, 0) is 11.6 Å². The molecule has 0 spiro atoms. The van der Waals surface area contributed by atoms with Crippen LogP contribution >= 0.6 is 0 Å². The van der Waals surface area contributed by atoms with Crippen LogP contribution in [0.15, 0.2) is 30.3 Å². The summed E-state index contributed by atoms with van der Waals surface area (Å²) in [7, 11) is 0. The molecule has 0 atom stereocenters. The van der Waals surface area contributed by atoms with Gasteiger partial charge in [0.05, 0.1) is 11.3 Å². The molecule has 2 rings (SSSR count). The summed E-state index contributed by atoms with van der Waals surface area (Å²) in [6, 6.07) is 6.14. The zero-order valence-corrected chi connectivity index (χ0v) is 18.1. The maximum absolute atomic E-state index is 12.9. The summed E-state index contributed by atoms with van der Waals surface area (Å²) in [6.45, 7) is 12.2. The summed E-state index contributed by atoms with van der Waals surface area (Å²) < 4.78 is 44.3. The summed E-state index contributed by atoms with van der Waals surface area (Å²) in [5.41, 5.74) is 5.70. The largest absolute Gasteiger partial charge is 0.478 e. The van der Waals surface area contributed by atoms with E-state index >= 15 is 0 Å². The van der Waals surface area contributed by atoms with E-state index in [1.54, 1.807) is 13.0 Å². The van der Waals surface area contributed by atoms with Crippen LogP contribution in [0, 0.1) is 12.3 Å². The topological polar surface area (TPSA) is 72.5 Å². The Morgan fingerprint density at radius 1 is 1.03 bits per heavy atom. The van der Waals surface area contributed by atoms with Crippen LogP contribution in [0.4, 0.5) is 18.9 Å². The predicted octanol–water partition coefficient (Wildman–Crippen LogP) is 6.80. The third kappa shape index (κ3) is 5.46. The Balaban J connectivity index is 2.51. The van der Waals surface area contributed by atoms with E-state index < -0.39 is 17.7 Å². The molecular formula is C23H28F3NO3. The molecule has 2 aromatic rings.